The molecule has 1 aliphatic carbocycles. The number of benzene rings is 1. The number of carbonyl (C=O) groups is 1. The van der Waals surface area contributed by atoms with Crippen molar-refractivity contribution in [3.63, 3.8) is 0 Å². The lowest BCUT2D eigenvalue weighted by Crippen LogP contribution is -2.18. The van der Waals surface area contributed by atoms with Crippen LogP contribution in [0.25, 0.3) is 0 Å². The maximum atomic E-state index is 12.3. The second-order valence-electron chi connectivity index (χ2n) is 6.77. The molecule has 26 heavy (non-hydrogen) atoms. The highest BCUT2D eigenvalue weighted by Crippen LogP contribution is 2.34. The number of rotatable bonds is 7. The molecule has 1 amide bonds. The number of thiazole rings is 1. The molecule has 3 rings (SSSR count). The standard InChI is InChI=1S/C19H24N2O3S2/c22-18(20-16-9-5-2-6-10-16)11-12-26(23,24)14-17-13-25-19(21-17)15-7-3-1-4-8-15/h2,5-6,9-10,13,15H,1,3-4,7-8,11-12,14H2,(H,20,22). The van der Waals surface area contributed by atoms with E-state index in [0.29, 0.717) is 17.3 Å². The number of anilines is 1. The van der Waals surface area contributed by atoms with Gasteiger partial charge in [0.2, 0.25) is 5.91 Å². The van der Waals surface area contributed by atoms with Gasteiger partial charge >= 0.3 is 0 Å². The van der Waals surface area contributed by atoms with Gasteiger partial charge in [-0.1, -0.05) is 37.5 Å². The van der Waals surface area contributed by atoms with E-state index in [0.717, 1.165) is 17.8 Å². The molecule has 1 aromatic heterocycles. The summed E-state index contributed by atoms with van der Waals surface area (Å²) in [6.45, 7) is 0. The van der Waals surface area contributed by atoms with Crippen molar-refractivity contribution in [3.8, 4) is 0 Å². The normalized spacial score (nSPS) is 15.7. The molecule has 1 fully saturated rings. The fourth-order valence-corrected chi connectivity index (χ4v) is 5.55. The summed E-state index contributed by atoms with van der Waals surface area (Å²) in [6.07, 6.45) is 6.01. The first-order chi connectivity index (χ1) is 12.5. The van der Waals surface area contributed by atoms with Crippen molar-refractivity contribution in [2.75, 3.05) is 11.1 Å². The molecule has 2 aromatic rings. The number of aromatic nitrogens is 1. The van der Waals surface area contributed by atoms with Crippen LogP contribution in [0.5, 0.6) is 0 Å². The predicted octanol–water partition coefficient (Wildman–Crippen LogP) is 4.13. The van der Waals surface area contributed by atoms with Crippen LogP contribution in [0.2, 0.25) is 0 Å². The molecule has 0 bridgehead atoms. The lowest BCUT2D eigenvalue weighted by Gasteiger charge is -2.18. The Hall–Kier alpha value is -1.73. The molecule has 0 unspecified atom stereocenters. The van der Waals surface area contributed by atoms with Crippen LogP contribution in [0, 0.1) is 0 Å². The molecule has 0 radical (unpaired) electrons. The number of hydrogen-bond donors (Lipinski definition) is 1. The second kappa shape index (κ2) is 8.77. The summed E-state index contributed by atoms with van der Waals surface area (Å²) in [5.74, 6) is -0.0561. The maximum Gasteiger partial charge on any atom is 0.225 e. The number of carbonyl (C=O) groups excluding carboxylic acids is 1. The third-order valence-corrected chi connectivity index (χ3v) is 7.21. The minimum Gasteiger partial charge on any atom is -0.326 e. The van der Waals surface area contributed by atoms with Crippen molar-refractivity contribution in [1.82, 2.24) is 4.98 Å². The van der Waals surface area contributed by atoms with E-state index in [1.807, 2.05) is 23.6 Å². The Morgan fingerprint density at radius 2 is 1.88 bits per heavy atom. The third-order valence-electron chi connectivity index (χ3n) is 4.59. The average molecular weight is 393 g/mol. The Morgan fingerprint density at radius 1 is 1.15 bits per heavy atom. The predicted molar refractivity (Wildman–Crippen MR) is 105 cm³/mol. The molecule has 1 aromatic carbocycles. The molecule has 0 spiro atoms. The Bertz CT molecular complexity index is 825. The van der Waals surface area contributed by atoms with Crippen molar-refractivity contribution < 1.29 is 13.2 Å². The van der Waals surface area contributed by atoms with E-state index in [1.165, 1.54) is 19.3 Å². The second-order valence-corrected chi connectivity index (χ2v) is 9.84. The largest absolute Gasteiger partial charge is 0.326 e. The molecule has 7 heteroatoms. The van der Waals surface area contributed by atoms with Crippen LogP contribution in [0.15, 0.2) is 35.7 Å². The van der Waals surface area contributed by atoms with Gasteiger partial charge in [0, 0.05) is 23.4 Å². The maximum absolute atomic E-state index is 12.3. The van der Waals surface area contributed by atoms with Crippen LogP contribution in [-0.4, -0.2) is 25.1 Å². The van der Waals surface area contributed by atoms with Gasteiger partial charge in [-0.2, -0.15) is 0 Å². The summed E-state index contributed by atoms with van der Waals surface area (Å²) in [5, 5.41) is 5.63. The Kier molecular flexibility index (Phi) is 6.43. The van der Waals surface area contributed by atoms with Gasteiger partial charge in [0.05, 0.1) is 22.2 Å². The van der Waals surface area contributed by atoms with Gasteiger partial charge in [-0.05, 0) is 25.0 Å². The number of nitrogens with one attached hydrogen (secondary N) is 1. The molecule has 140 valence electrons. The molecule has 0 saturated heterocycles. The lowest BCUT2D eigenvalue weighted by atomic mass is 9.90. The minimum absolute atomic E-state index is 0.0448. The average Bonchev–Trinajstić information content (AvgIpc) is 3.09. The molecule has 5 nitrogen and oxygen atoms in total. The van der Waals surface area contributed by atoms with Crippen molar-refractivity contribution in [1.29, 1.82) is 0 Å². The quantitative estimate of drug-likeness (QED) is 0.768. The first-order valence-corrected chi connectivity index (χ1v) is 11.7. The van der Waals surface area contributed by atoms with E-state index < -0.39 is 9.84 Å². The topological polar surface area (TPSA) is 76.1 Å². The van der Waals surface area contributed by atoms with E-state index in [-0.39, 0.29) is 23.8 Å². The van der Waals surface area contributed by atoms with Gasteiger partial charge in [-0.15, -0.1) is 11.3 Å². The number of sulfone groups is 1. The van der Waals surface area contributed by atoms with E-state index in [4.69, 9.17) is 0 Å². The van der Waals surface area contributed by atoms with Crippen molar-refractivity contribution in [3.05, 3.63) is 46.4 Å². The molecule has 0 aliphatic heterocycles. The zero-order chi connectivity index (χ0) is 18.4. The van der Waals surface area contributed by atoms with Crippen molar-refractivity contribution >= 4 is 32.8 Å². The Balaban J connectivity index is 1.50. The summed E-state index contributed by atoms with van der Waals surface area (Å²) in [7, 11) is -3.36. The number of amides is 1. The van der Waals surface area contributed by atoms with E-state index in [1.54, 1.807) is 23.5 Å². The zero-order valence-electron chi connectivity index (χ0n) is 14.7. The molecule has 0 atom stereocenters. The summed E-state index contributed by atoms with van der Waals surface area (Å²) >= 11 is 1.57. The Morgan fingerprint density at radius 3 is 2.62 bits per heavy atom. The zero-order valence-corrected chi connectivity index (χ0v) is 16.3. The van der Waals surface area contributed by atoms with Crippen LogP contribution in [0.3, 0.4) is 0 Å². The lowest BCUT2D eigenvalue weighted by molar-refractivity contribution is -0.115. The van der Waals surface area contributed by atoms with Crippen LogP contribution in [-0.2, 0) is 20.4 Å². The van der Waals surface area contributed by atoms with E-state index >= 15 is 0 Å². The molecule has 1 N–H and O–H groups in total. The summed E-state index contributed by atoms with van der Waals surface area (Å²) < 4.78 is 24.7. The van der Waals surface area contributed by atoms with Crippen LogP contribution < -0.4 is 5.32 Å². The van der Waals surface area contributed by atoms with E-state index in [9.17, 15) is 13.2 Å². The number of para-hydroxylation sites is 1. The summed E-state index contributed by atoms with van der Waals surface area (Å²) in [4.78, 5) is 16.5. The first-order valence-electron chi connectivity index (χ1n) is 9.01. The monoisotopic (exact) mass is 392 g/mol. The minimum atomic E-state index is -3.36. The van der Waals surface area contributed by atoms with Gasteiger partial charge in [0.1, 0.15) is 0 Å². The number of nitrogens with zero attached hydrogens (tertiary/aromatic N) is 1. The fraction of sp³-hybridized carbons (Fsp3) is 0.474. The summed E-state index contributed by atoms with van der Waals surface area (Å²) in [6, 6.07) is 9.04. The Labute approximate surface area is 158 Å². The molecule has 1 aliphatic rings. The molecular formula is C19H24N2O3S2. The smallest absolute Gasteiger partial charge is 0.225 e. The summed E-state index contributed by atoms with van der Waals surface area (Å²) in [5.41, 5.74) is 1.28. The molecule has 1 saturated carbocycles. The third kappa shape index (κ3) is 5.64. The van der Waals surface area contributed by atoms with Crippen molar-refractivity contribution in [2.24, 2.45) is 0 Å². The van der Waals surface area contributed by atoms with Crippen LogP contribution >= 0.6 is 11.3 Å². The highest BCUT2D eigenvalue weighted by atomic mass is 32.2. The van der Waals surface area contributed by atoms with Gasteiger partial charge in [-0.3, -0.25) is 4.79 Å². The van der Waals surface area contributed by atoms with Crippen molar-refractivity contribution in [2.45, 2.75) is 50.2 Å². The van der Waals surface area contributed by atoms with Gasteiger partial charge < -0.3 is 5.32 Å². The SMILES string of the molecule is O=C(CCS(=O)(=O)Cc1csc(C2CCCCC2)n1)Nc1ccccc1. The van der Waals surface area contributed by atoms with Gasteiger partial charge in [0.15, 0.2) is 9.84 Å². The first kappa shape index (κ1) is 19.0. The van der Waals surface area contributed by atoms with E-state index in [2.05, 4.69) is 10.3 Å². The number of hydrogen-bond acceptors (Lipinski definition) is 5. The van der Waals surface area contributed by atoms with Gasteiger partial charge in [-0.25, -0.2) is 13.4 Å². The van der Waals surface area contributed by atoms with Gasteiger partial charge in [0.25, 0.3) is 0 Å². The fourth-order valence-electron chi connectivity index (χ4n) is 3.22. The van der Waals surface area contributed by atoms with Crippen LogP contribution in [0.1, 0.15) is 55.1 Å². The highest BCUT2D eigenvalue weighted by Gasteiger charge is 2.21. The van der Waals surface area contributed by atoms with Crippen LogP contribution in [0.4, 0.5) is 5.69 Å². The highest BCUT2D eigenvalue weighted by molar-refractivity contribution is 7.90. The molecular weight excluding hydrogens is 368 g/mol. The molecule has 1 heterocycles.